The van der Waals surface area contributed by atoms with Crippen LogP contribution in [-0.4, -0.2) is 21.8 Å². The van der Waals surface area contributed by atoms with Crippen molar-refractivity contribution in [1.29, 1.82) is 0 Å². The van der Waals surface area contributed by atoms with E-state index in [0.29, 0.717) is 12.2 Å². The normalized spacial score (nSPS) is 14.2. The lowest BCUT2D eigenvalue weighted by Crippen LogP contribution is -2.25. The molecule has 0 fully saturated rings. The van der Waals surface area contributed by atoms with Gasteiger partial charge in [-0.15, -0.1) is 0 Å². The zero-order valence-electron chi connectivity index (χ0n) is 8.46. The smallest absolute Gasteiger partial charge is 0.327 e. The van der Waals surface area contributed by atoms with E-state index in [1.807, 2.05) is 6.92 Å². The minimum atomic E-state index is -4.22. The van der Waals surface area contributed by atoms with Crippen LogP contribution in [0.2, 0.25) is 0 Å². The lowest BCUT2D eigenvalue weighted by atomic mass is 10.1. The second-order valence-electron chi connectivity index (χ2n) is 3.46. The number of imidazole rings is 1. The molecule has 1 aromatic rings. The zero-order chi connectivity index (χ0) is 11.5. The third-order valence-electron chi connectivity index (χ3n) is 2.12. The number of aromatic nitrogens is 2. The third kappa shape index (κ3) is 3.91. The second kappa shape index (κ2) is 4.65. The SMILES string of the molecule is CCC(N)Cc1nccn1CC(F)(F)F. The van der Waals surface area contributed by atoms with Gasteiger partial charge in [-0.3, -0.25) is 0 Å². The molecule has 1 heterocycles. The topological polar surface area (TPSA) is 43.8 Å². The summed E-state index contributed by atoms with van der Waals surface area (Å²) in [6, 6.07) is -0.139. The Morgan fingerprint density at radius 3 is 2.73 bits per heavy atom. The average molecular weight is 221 g/mol. The van der Waals surface area contributed by atoms with E-state index in [-0.39, 0.29) is 6.04 Å². The summed E-state index contributed by atoms with van der Waals surface area (Å²) < 4.78 is 37.5. The van der Waals surface area contributed by atoms with E-state index in [1.165, 1.54) is 12.4 Å². The standard InChI is InChI=1S/C9H14F3N3/c1-2-7(13)5-8-14-3-4-15(8)6-9(10,11)12/h3-4,7H,2,5-6,13H2,1H3. The Labute approximate surface area is 86.1 Å². The molecule has 0 aliphatic rings. The van der Waals surface area contributed by atoms with Crippen LogP contribution in [0.15, 0.2) is 12.4 Å². The average Bonchev–Trinajstić information content (AvgIpc) is 2.50. The molecule has 0 aromatic carbocycles. The Balaban J connectivity index is 2.69. The van der Waals surface area contributed by atoms with Crippen molar-refractivity contribution in [2.24, 2.45) is 5.73 Å². The van der Waals surface area contributed by atoms with Crippen molar-refractivity contribution in [3.63, 3.8) is 0 Å². The van der Waals surface area contributed by atoms with Gasteiger partial charge >= 0.3 is 6.18 Å². The van der Waals surface area contributed by atoms with Crippen LogP contribution >= 0.6 is 0 Å². The van der Waals surface area contributed by atoms with Crippen molar-refractivity contribution in [2.45, 2.75) is 38.5 Å². The number of nitrogens with two attached hydrogens (primary N) is 1. The first kappa shape index (κ1) is 12.0. The van der Waals surface area contributed by atoms with E-state index < -0.39 is 12.7 Å². The summed E-state index contributed by atoms with van der Waals surface area (Å²) in [7, 11) is 0. The van der Waals surface area contributed by atoms with Gasteiger partial charge in [0.05, 0.1) is 0 Å². The highest BCUT2D eigenvalue weighted by Gasteiger charge is 2.28. The van der Waals surface area contributed by atoms with Crippen molar-refractivity contribution >= 4 is 0 Å². The van der Waals surface area contributed by atoms with Gasteiger partial charge in [0, 0.05) is 24.9 Å². The molecule has 0 saturated carbocycles. The molecule has 15 heavy (non-hydrogen) atoms. The predicted molar refractivity (Wildman–Crippen MR) is 50.3 cm³/mol. The van der Waals surface area contributed by atoms with E-state index in [4.69, 9.17) is 5.73 Å². The number of nitrogens with zero attached hydrogens (tertiary/aromatic N) is 2. The molecule has 1 unspecified atom stereocenters. The van der Waals surface area contributed by atoms with E-state index >= 15 is 0 Å². The van der Waals surface area contributed by atoms with E-state index in [1.54, 1.807) is 0 Å². The largest absolute Gasteiger partial charge is 0.406 e. The third-order valence-corrected chi connectivity index (χ3v) is 2.12. The molecule has 0 amide bonds. The summed E-state index contributed by atoms with van der Waals surface area (Å²) in [5.41, 5.74) is 5.66. The Hall–Kier alpha value is -1.04. The minimum absolute atomic E-state index is 0.139. The van der Waals surface area contributed by atoms with Crippen LogP contribution in [0.4, 0.5) is 13.2 Å². The molecule has 0 radical (unpaired) electrons. The molecule has 1 aromatic heterocycles. The van der Waals surface area contributed by atoms with Crippen molar-refractivity contribution in [2.75, 3.05) is 0 Å². The molecule has 0 saturated heterocycles. The number of hydrogen-bond acceptors (Lipinski definition) is 2. The first-order valence-electron chi connectivity index (χ1n) is 4.74. The molecule has 86 valence electrons. The van der Waals surface area contributed by atoms with E-state index in [9.17, 15) is 13.2 Å². The molecule has 2 N–H and O–H groups in total. The fourth-order valence-corrected chi connectivity index (χ4v) is 1.25. The van der Waals surface area contributed by atoms with Crippen molar-refractivity contribution < 1.29 is 13.2 Å². The van der Waals surface area contributed by atoms with Crippen LogP contribution in [0.3, 0.4) is 0 Å². The first-order valence-corrected chi connectivity index (χ1v) is 4.74. The molecule has 0 aliphatic carbocycles. The second-order valence-corrected chi connectivity index (χ2v) is 3.46. The fraction of sp³-hybridized carbons (Fsp3) is 0.667. The van der Waals surface area contributed by atoms with Gasteiger partial charge in [-0.2, -0.15) is 13.2 Å². The summed E-state index contributed by atoms with van der Waals surface area (Å²) in [6.07, 6.45) is -0.432. The number of rotatable bonds is 4. The van der Waals surface area contributed by atoms with Gasteiger partial charge in [-0.1, -0.05) is 6.92 Å². The summed E-state index contributed by atoms with van der Waals surface area (Å²) >= 11 is 0. The van der Waals surface area contributed by atoms with Crippen molar-refractivity contribution in [3.05, 3.63) is 18.2 Å². The molecule has 6 heteroatoms. The molecule has 0 spiro atoms. The van der Waals surface area contributed by atoms with Crippen LogP contribution < -0.4 is 5.73 Å². The van der Waals surface area contributed by atoms with Gasteiger partial charge in [0.1, 0.15) is 12.4 Å². The lowest BCUT2D eigenvalue weighted by molar-refractivity contribution is -0.141. The molecule has 3 nitrogen and oxygen atoms in total. The summed E-state index contributed by atoms with van der Waals surface area (Å²) in [4.78, 5) is 3.87. The summed E-state index contributed by atoms with van der Waals surface area (Å²) in [6.45, 7) is 0.889. The zero-order valence-corrected chi connectivity index (χ0v) is 8.46. The van der Waals surface area contributed by atoms with Crippen LogP contribution in [0.5, 0.6) is 0 Å². The first-order chi connectivity index (χ1) is 6.92. The Bertz CT molecular complexity index is 306. The minimum Gasteiger partial charge on any atom is -0.327 e. The molecule has 1 atom stereocenters. The van der Waals surface area contributed by atoms with Crippen LogP contribution in [0.25, 0.3) is 0 Å². The molecule has 0 bridgehead atoms. The number of alkyl halides is 3. The summed E-state index contributed by atoms with van der Waals surface area (Å²) in [5.74, 6) is 0.390. The van der Waals surface area contributed by atoms with Crippen LogP contribution in [0.1, 0.15) is 19.2 Å². The summed E-state index contributed by atoms with van der Waals surface area (Å²) in [5, 5.41) is 0. The molecular weight excluding hydrogens is 207 g/mol. The highest BCUT2D eigenvalue weighted by Crippen LogP contribution is 2.18. The maximum absolute atomic E-state index is 12.1. The Morgan fingerprint density at radius 1 is 1.53 bits per heavy atom. The van der Waals surface area contributed by atoms with Gasteiger partial charge in [0.2, 0.25) is 0 Å². The van der Waals surface area contributed by atoms with Crippen LogP contribution in [0, 0.1) is 0 Å². The highest BCUT2D eigenvalue weighted by atomic mass is 19.4. The van der Waals surface area contributed by atoms with Crippen molar-refractivity contribution in [1.82, 2.24) is 9.55 Å². The van der Waals surface area contributed by atoms with Gasteiger partial charge in [0.15, 0.2) is 0 Å². The van der Waals surface area contributed by atoms with Gasteiger partial charge in [-0.05, 0) is 6.42 Å². The monoisotopic (exact) mass is 221 g/mol. The quantitative estimate of drug-likeness (QED) is 0.841. The molecule has 1 rings (SSSR count). The van der Waals surface area contributed by atoms with Crippen LogP contribution in [-0.2, 0) is 13.0 Å². The molecular formula is C9H14F3N3. The highest BCUT2D eigenvalue weighted by molar-refractivity contribution is 4.95. The Kier molecular flexibility index (Phi) is 3.73. The van der Waals surface area contributed by atoms with Gasteiger partial charge in [-0.25, -0.2) is 4.98 Å². The number of halogens is 3. The van der Waals surface area contributed by atoms with E-state index in [2.05, 4.69) is 4.98 Å². The Morgan fingerprint density at radius 2 is 2.20 bits per heavy atom. The van der Waals surface area contributed by atoms with Crippen molar-refractivity contribution in [3.8, 4) is 0 Å². The maximum Gasteiger partial charge on any atom is 0.406 e. The van der Waals surface area contributed by atoms with E-state index in [0.717, 1.165) is 11.0 Å². The lowest BCUT2D eigenvalue weighted by Gasteiger charge is -2.12. The van der Waals surface area contributed by atoms with Gasteiger partial charge in [0.25, 0.3) is 0 Å². The fourth-order valence-electron chi connectivity index (χ4n) is 1.25. The predicted octanol–water partition coefficient (Wildman–Crippen LogP) is 1.73. The maximum atomic E-state index is 12.1. The number of hydrogen-bond donors (Lipinski definition) is 1. The van der Waals surface area contributed by atoms with Gasteiger partial charge < -0.3 is 10.3 Å². The molecule has 0 aliphatic heterocycles.